The van der Waals surface area contributed by atoms with Gasteiger partial charge in [0.1, 0.15) is 5.75 Å². The van der Waals surface area contributed by atoms with Crippen molar-refractivity contribution in [2.45, 2.75) is 13.8 Å². The van der Waals surface area contributed by atoms with Gasteiger partial charge in [0.05, 0.1) is 24.3 Å². The molecular weight excluding hydrogens is 372 g/mol. The molecule has 0 atom stereocenters. The summed E-state index contributed by atoms with van der Waals surface area (Å²) >= 11 is 6.21. The molecule has 0 heterocycles. The van der Waals surface area contributed by atoms with E-state index in [1.54, 1.807) is 12.1 Å². The average molecular weight is 393 g/mol. The Bertz CT molecular complexity index is 839. The minimum Gasteiger partial charge on any atom is -0.507 e. The zero-order chi connectivity index (χ0) is 20.0. The lowest BCUT2D eigenvalue weighted by Gasteiger charge is -2.15. The number of carbonyl (C=O) groups is 2. The van der Waals surface area contributed by atoms with Gasteiger partial charge in [-0.05, 0) is 30.2 Å². The predicted molar refractivity (Wildman–Crippen MR) is 101 cm³/mol. The molecule has 0 spiro atoms. The number of hydrazine groups is 1. The van der Waals surface area contributed by atoms with Crippen molar-refractivity contribution >= 4 is 23.4 Å². The zero-order valence-corrected chi connectivity index (χ0v) is 16.0. The van der Waals surface area contributed by atoms with E-state index in [1.165, 1.54) is 31.4 Å². The maximum absolute atomic E-state index is 12.3. The first-order valence-corrected chi connectivity index (χ1v) is 8.60. The van der Waals surface area contributed by atoms with E-state index >= 15 is 0 Å². The van der Waals surface area contributed by atoms with Crippen molar-refractivity contribution in [3.63, 3.8) is 0 Å². The van der Waals surface area contributed by atoms with E-state index in [1.807, 2.05) is 13.8 Å². The second kappa shape index (κ2) is 9.14. The molecule has 0 unspecified atom stereocenters. The van der Waals surface area contributed by atoms with Gasteiger partial charge in [-0.3, -0.25) is 20.4 Å². The number of amides is 2. The molecule has 0 saturated carbocycles. The number of benzene rings is 2. The highest BCUT2D eigenvalue weighted by Gasteiger charge is 2.17. The van der Waals surface area contributed by atoms with Crippen LogP contribution in [-0.2, 0) is 0 Å². The first kappa shape index (κ1) is 20.4. The molecule has 0 fully saturated rings. The number of phenolic OH excluding ortho intramolecular Hbond substituents is 1. The minimum absolute atomic E-state index is 0.0332. The van der Waals surface area contributed by atoms with Crippen LogP contribution >= 0.6 is 11.6 Å². The van der Waals surface area contributed by atoms with Crippen LogP contribution in [0.3, 0.4) is 0 Å². The molecule has 144 valence electrons. The Hall–Kier alpha value is -2.93. The molecule has 8 heteroatoms. The van der Waals surface area contributed by atoms with Crippen molar-refractivity contribution in [3.05, 3.63) is 52.5 Å². The van der Waals surface area contributed by atoms with Crippen LogP contribution in [0.5, 0.6) is 17.2 Å². The van der Waals surface area contributed by atoms with Gasteiger partial charge >= 0.3 is 0 Å². The summed E-state index contributed by atoms with van der Waals surface area (Å²) in [6.07, 6.45) is 0. The highest BCUT2D eigenvalue weighted by atomic mass is 35.5. The Morgan fingerprint density at radius 3 is 2.44 bits per heavy atom. The van der Waals surface area contributed by atoms with Crippen molar-refractivity contribution in [2.75, 3.05) is 13.7 Å². The highest BCUT2D eigenvalue weighted by Crippen LogP contribution is 2.36. The van der Waals surface area contributed by atoms with Gasteiger partial charge in [0.25, 0.3) is 11.8 Å². The number of nitrogens with one attached hydrogen (secondary N) is 2. The van der Waals surface area contributed by atoms with Gasteiger partial charge in [-0.15, -0.1) is 0 Å². The average Bonchev–Trinajstić information content (AvgIpc) is 2.64. The number of phenols is 1. The third-order valence-corrected chi connectivity index (χ3v) is 3.77. The van der Waals surface area contributed by atoms with Gasteiger partial charge in [0.2, 0.25) is 0 Å². The fraction of sp³-hybridized carbons (Fsp3) is 0.263. The molecule has 2 aromatic carbocycles. The van der Waals surface area contributed by atoms with E-state index in [2.05, 4.69) is 10.9 Å². The van der Waals surface area contributed by atoms with Crippen LogP contribution in [-0.4, -0.2) is 30.6 Å². The van der Waals surface area contributed by atoms with E-state index in [9.17, 15) is 14.7 Å². The topological polar surface area (TPSA) is 96.9 Å². The van der Waals surface area contributed by atoms with Crippen LogP contribution in [0.2, 0.25) is 5.02 Å². The molecule has 2 rings (SSSR count). The number of methoxy groups -OCH3 is 1. The van der Waals surface area contributed by atoms with Crippen molar-refractivity contribution < 1.29 is 24.2 Å². The summed E-state index contributed by atoms with van der Waals surface area (Å²) in [5, 5.41) is 9.88. The van der Waals surface area contributed by atoms with Crippen molar-refractivity contribution in [3.8, 4) is 17.2 Å². The van der Waals surface area contributed by atoms with E-state index in [0.29, 0.717) is 24.0 Å². The molecule has 7 nitrogen and oxygen atoms in total. The standard InChI is InChI=1S/C19H21ClN2O5/c1-11(2)10-27-17-14(20)8-12(9-16(17)26-3)18(24)21-22-19(25)13-6-4-5-7-15(13)23/h4-9,11,23H,10H2,1-3H3,(H,21,24)(H,22,25). The monoisotopic (exact) mass is 392 g/mol. The predicted octanol–water partition coefficient (Wildman–Crippen LogP) is 3.16. The molecule has 0 saturated heterocycles. The van der Waals surface area contributed by atoms with Crippen LogP contribution in [0, 0.1) is 5.92 Å². The van der Waals surface area contributed by atoms with Crippen molar-refractivity contribution in [1.82, 2.24) is 10.9 Å². The Kier molecular flexibility index (Phi) is 6.90. The summed E-state index contributed by atoms with van der Waals surface area (Å²) < 4.78 is 10.9. The fourth-order valence-corrected chi connectivity index (χ4v) is 2.42. The molecule has 0 aliphatic carbocycles. The number of rotatable bonds is 6. The minimum atomic E-state index is -0.656. The molecule has 2 aromatic rings. The second-order valence-electron chi connectivity index (χ2n) is 6.12. The maximum atomic E-state index is 12.3. The molecule has 0 aliphatic heterocycles. The van der Waals surface area contributed by atoms with Gasteiger partial charge in [-0.2, -0.15) is 0 Å². The maximum Gasteiger partial charge on any atom is 0.273 e. The molecule has 2 amide bonds. The lowest BCUT2D eigenvalue weighted by molar-refractivity contribution is 0.0845. The smallest absolute Gasteiger partial charge is 0.273 e. The lowest BCUT2D eigenvalue weighted by atomic mass is 10.2. The zero-order valence-electron chi connectivity index (χ0n) is 15.2. The first-order chi connectivity index (χ1) is 12.8. The van der Waals surface area contributed by atoms with Gasteiger partial charge in [-0.1, -0.05) is 37.6 Å². The fourth-order valence-electron chi connectivity index (χ4n) is 2.16. The molecule has 0 aliphatic rings. The van der Waals surface area contributed by atoms with E-state index in [4.69, 9.17) is 21.1 Å². The van der Waals surface area contributed by atoms with E-state index in [-0.39, 0.29) is 21.9 Å². The quantitative estimate of drug-likeness (QED) is 0.656. The van der Waals surface area contributed by atoms with E-state index in [0.717, 1.165) is 0 Å². The number of halogens is 1. The third kappa shape index (κ3) is 5.27. The number of carbonyl (C=O) groups excluding carboxylic acids is 2. The summed E-state index contributed by atoms with van der Waals surface area (Å²) in [5.41, 5.74) is 4.71. The Labute approximate surface area is 162 Å². The van der Waals surface area contributed by atoms with Crippen LogP contribution < -0.4 is 20.3 Å². The largest absolute Gasteiger partial charge is 0.507 e. The van der Waals surface area contributed by atoms with Crippen LogP contribution in [0.1, 0.15) is 34.6 Å². The van der Waals surface area contributed by atoms with Gasteiger partial charge < -0.3 is 14.6 Å². The second-order valence-corrected chi connectivity index (χ2v) is 6.53. The number of para-hydroxylation sites is 1. The van der Waals surface area contributed by atoms with Crippen LogP contribution in [0.15, 0.2) is 36.4 Å². The van der Waals surface area contributed by atoms with Crippen LogP contribution in [0.25, 0.3) is 0 Å². The Morgan fingerprint density at radius 1 is 1.15 bits per heavy atom. The summed E-state index contributed by atoms with van der Waals surface area (Å²) in [4.78, 5) is 24.4. The van der Waals surface area contributed by atoms with Crippen LogP contribution in [0.4, 0.5) is 0 Å². The number of hydrogen-bond acceptors (Lipinski definition) is 5. The molecule has 0 radical (unpaired) electrons. The first-order valence-electron chi connectivity index (χ1n) is 8.22. The summed E-state index contributed by atoms with van der Waals surface area (Å²) in [5.74, 6) is -0.507. The van der Waals surface area contributed by atoms with E-state index < -0.39 is 11.8 Å². The summed E-state index contributed by atoms with van der Waals surface area (Å²) in [7, 11) is 1.44. The van der Waals surface area contributed by atoms with Gasteiger partial charge in [0.15, 0.2) is 11.5 Å². The Morgan fingerprint density at radius 2 is 1.81 bits per heavy atom. The molecule has 3 N–H and O–H groups in total. The lowest BCUT2D eigenvalue weighted by Crippen LogP contribution is -2.41. The molecular formula is C19H21ClN2O5. The highest BCUT2D eigenvalue weighted by molar-refractivity contribution is 6.32. The summed E-state index contributed by atoms with van der Waals surface area (Å²) in [6, 6.07) is 8.86. The summed E-state index contributed by atoms with van der Waals surface area (Å²) in [6.45, 7) is 4.43. The van der Waals surface area contributed by atoms with Crippen molar-refractivity contribution in [2.24, 2.45) is 5.92 Å². The normalized spacial score (nSPS) is 10.4. The number of aromatic hydroxyl groups is 1. The molecule has 27 heavy (non-hydrogen) atoms. The van der Waals surface area contributed by atoms with Crippen molar-refractivity contribution in [1.29, 1.82) is 0 Å². The molecule has 0 bridgehead atoms. The molecule has 0 aromatic heterocycles. The Balaban J connectivity index is 2.11. The third-order valence-electron chi connectivity index (χ3n) is 3.49. The van der Waals surface area contributed by atoms with Gasteiger partial charge in [0, 0.05) is 5.56 Å². The van der Waals surface area contributed by atoms with Gasteiger partial charge in [-0.25, -0.2) is 0 Å². The number of hydrogen-bond donors (Lipinski definition) is 3. The SMILES string of the molecule is COc1cc(C(=O)NNC(=O)c2ccccc2O)cc(Cl)c1OCC(C)C. The number of ether oxygens (including phenoxy) is 2.